The molecule has 1 aromatic rings. The van der Waals surface area contributed by atoms with Crippen molar-refractivity contribution in [2.24, 2.45) is 5.41 Å². The summed E-state index contributed by atoms with van der Waals surface area (Å²) in [6.45, 7) is 4.03. The van der Waals surface area contributed by atoms with Crippen LogP contribution < -0.4 is 10.2 Å². The molecule has 0 fully saturated rings. The Bertz CT molecular complexity index is 1050. The van der Waals surface area contributed by atoms with Gasteiger partial charge in [0.25, 0.3) is 0 Å². The number of hydrogen-bond donors (Lipinski definition) is 1. The Morgan fingerprint density at radius 3 is 2.72 bits per heavy atom. The predicted octanol–water partition coefficient (Wildman–Crippen LogP) is 4.12. The van der Waals surface area contributed by atoms with Gasteiger partial charge < -0.3 is 14.3 Å². The fourth-order valence-corrected chi connectivity index (χ4v) is 3.39. The molecule has 25 heavy (non-hydrogen) atoms. The number of aromatic carboxylic acids is 1. The van der Waals surface area contributed by atoms with Gasteiger partial charge >= 0.3 is 5.97 Å². The molecule has 0 saturated heterocycles. The van der Waals surface area contributed by atoms with E-state index >= 15 is 0 Å². The van der Waals surface area contributed by atoms with E-state index in [9.17, 15) is 14.7 Å². The molecule has 1 aromatic carbocycles. The van der Waals surface area contributed by atoms with Crippen molar-refractivity contribution in [3.8, 4) is 16.9 Å². The summed E-state index contributed by atoms with van der Waals surface area (Å²) >= 11 is 6.30. The molecule has 1 aliphatic carbocycles. The first-order valence-electron chi connectivity index (χ1n) is 7.82. The van der Waals surface area contributed by atoms with E-state index in [0.29, 0.717) is 34.3 Å². The minimum absolute atomic E-state index is 0.0416. The summed E-state index contributed by atoms with van der Waals surface area (Å²) in [4.78, 5) is 23.5. The number of alkyl halides is 1. The molecule has 1 atom stereocenters. The minimum atomic E-state index is -1.14. The summed E-state index contributed by atoms with van der Waals surface area (Å²) in [7, 11) is 0. The van der Waals surface area contributed by atoms with Gasteiger partial charge in [0, 0.05) is 28.5 Å². The molecule has 2 aliphatic heterocycles. The summed E-state index contributed by atoms with van der Waals surface area (Å²) in [5.74, 6) is -0.494. The first kappa shape index (κ1) is 16.0. The van der Waals surface area contributed by atoms with Gasteiger partial charge in [0.05, 0.1) is 11.1 Å². The van der Waals surface area contributed by atoms with Crippen molar-refractivity contribution in [3.63, 3.8) is 0 Å². The van der Waals surface area contributed by atoms with Crippen LogP contribution in [-0.4, -0.2) is 16.6 Å². The zero-order valence-electron chi connectivity index (χ0n) is 13.6. The van der Waals surface area contributed by atoms with E-state index < -0.39 is 11.5 Å². The molecule has 0 aromatic heterocycles. The van der Waals surface area contributed by atoms with Crippen molar-refractivity contribution in [1.82, 2.24) is 0 Å². The van der Waals surface area contributed by atoms with E-state index in [0.717, 1.165) is 11.6 Å². The van der Waals surface area contributed by atoms with Crippen LogP contribution in [0, 0.1) is 5.41 Å². The molecule has 5 nitrogen and oxygen atoms in total. The van der Waals surface area contributed by atoms with E-state index in [-0.39, 0.29) is 16.4 Å². The van der Waals surface area contributed by atoms with Crippen LogP contribution in [-0.2, 0) is 6.42 Å². The molecule has 3 aliphatic rings. The number of ether oxygens (including phenoxy) is 1. The molecule has 0 bridgehead atoms. The monoisotopic (exact) mass is 358 g/mol. The maximum Gasteiger partial charge on any atom is 0.335 e. The Morgan fingerprint density at radius 1 is 1.24 bits per heavy atom. The number of fused-ring (bicyclic) bond motifs is 4. The number of halogens is 1. The maximum absolute atomic E-state index is 12.2. The summed E-state index contributed by atoms with van der Waals surface area (Å²) in [5, 5.41) is 9.92. The Labute approximate surface area is 148 Å². The van der Waals surface area contributed by atoms with E-state index in [1.54, 1.807) is 6.07 Å². The SMILES string of the molecule is CC1(C)Cc2cc3c4cc(C(=O)O)cc(=O)c-4coc3cc2OC1Cl. The fraction of sp³-hybridized carbons (Fsp3) is 0.263. The lowest BCUT2D eigenvalue weighted by Crippen LogP contribution is -2.35. The van der Waals surface area contributed by atoms with Crippen molar-refractivity contribution in [2.75, 3.05) is 0 Å². The molecule has 6 heteroatoms. The third-order valence-electron chi connectivity index (χ3n) is 4.64. The molecule has 1 unspecified atom stereocenters. The van der Waals surface area contributed by atoms with E-state index in [2.05, 4.69) is 0 Å². The van der Waals surface area contributed by atoms with Crippen molar-refractivity contribution in [1.29, 1.82) is 0 Å². The van der Waals surface area contributed by atoms with E-state index in [4.69, 9.17) is 20.8 Å². The van der Waals surface area contributed by atoms with Gasteiger partial charge in [-0.25, -0.2) is 4.79 Å². The molecule has 0 spiro atoms. The van der Waals surface area contributed by atoms with Crippen molar-refractivity contribution < 1.29 is 19.1 Å². The Balaban J connectivity index is 2.03. The standard InChI is InChI=1S/C19H15ClO5/c1-19(2)7-10-4-12-11-3-9(17(22)23)5-14(21)13(11)8-24-16(12)6-15(10)25-18(19)20/h3-6,8,18H,7H2,1-2H3,(H,22,23). The number of benzene rings is 2. The number of hydrogen-bond acceptors (Lipinski definition) is 4. The van der Waals surface area contributed by atoms with Gasteiger partial charge in [0.1, 0.15) is 17.6 Å². The number of carboxylic acids is 1. The average molecular weight is 359 g/mol. The van der Waals surface area contributed by atoms with E-state index in [1.807, 2.05) is 19.9 Å². The summed E-state index contributed by atoms with van der Waals surface area (Å²) < 4.78 is 11.4. The quantitative estimate of drug-likeness (QED) is 0.523. The largest absolute Gasteiger partial charge is 0.478 e. The molecule has 4 rings (SSSR count). The van der Waals surface area contributed by atoms with Gasteiger partial charge in [-0.3, -0.25) is 4.79 Å². The lowest BCUT2D eigenvalue weighted by Gasteiger charge is -2.36. The van der Waals surface area contributed by atoms with Crippen LogP contribution in [0.1, 0.15) is 29.8 Å². The van der Waals surface area contributed by atoms with Crippen molar-refractivity contribution >= 4 is 28.5 Å². The number of carboxylic acid groups (broad SMARTS) is 1. The minimum Gasteiger partial charge on any atom is -0.478 e. The fourth-order valence-electron chi connectivity index (χ4n) is 3.22. The number of carbonyl (C=O) groups is 1. The molecule has 1 N–H and O–H groups in total. The lowest BCUT2D eigenvalue weighted by molar-refractivity contribution is 0.0697. The van der Waals surface area contributed by atoms with E-state index in [1.165, 1.54) is 12.3 Å². The molecular formula is C19H15ClO5. The van der Waals surface area contributed by atoms with Crippen molar-refractivity contribution in [2.45, 2.75) is 25.8 Å². The maximum atomic E-state index is 12.2. The molecule has 0 saturated carbocycles. The summed E-state index contributed by atoms with van der Waals surface area (Å²) in [5.41, 5.74) is 1.24. The van der Waals surface area contributed by atoms with Crippen LogP contribution >= 0.6 is 11.6 Å². The highest BCUT2D eigenvalue weighted by molar-refractivity contribution is 6.20. The first-order chi connectivity index (χ1) is 11.8. The normalized spacial score (nSPS) is 18.8. The second kappa shape index (κ2) is 5.23. The lowest BCUT2D eigenvalue weighted by atomic mass is 9.83. The second-order valence-corrected chi connectivity index (χ2v) is 7.43. The van der Waals surface area contributed by atoms with Gasteiger partial charge in [-0.2, -0.15) is 0 Å². The topological polar surface area (TPSA) is 76.7 Å². The molecule has 2 heterocycles. The third kappa shape index (κ3) is 2.46. The number of rotatable bonds is 1. The van der Waals surface area contributed by atoms with Crippen LogP contribution in [0.4, 0.5) is 0 Å². The molecular weight excluding hydrogens is 344 g/mol. The van der Waals surface area contributed by atoms with Gasteiger partial charge in [-0.1, -0.05) is 25.4 Å². The highest BCUT2D eigenvalue weighted by atomic mass is 35.5. The first-order valence-corrected chi connectivity index (χ1v) is 8.26. The van der Waals surface area contributed by atoms with Gasteiger partial charge in [-0.05, 0) is 24.1 Å². The van der Waals surface area contributed by atoms with Crippen LogP contribution in [0.25, 0.3) is 22.1 Å². The van der Waals surface area contributed by atoms with Crippen molar-refractivity contribution in [3.05, 3.63) is 51.9 Å². The van der Waals surface area contributed by atoms with Crippen LogP contribution in [0.15, 0.2) is 39.7 Å². The summed E-state index contributed by atoms with van der Waals surface area (Å²) in [6.07, 6.45) is 2.05. The zero-order valence-corrected chi connectivity index (χ0v) is 14.4. The van der Waals surface area contributed by atoms with Crippen LogP contribution in [0.5, 0.6) is 5.75 Å². The van der Waals surface area contributed by atoms with Crippen LogP contribution in [0.2, 0.25) is 0 Å². The third-order valence-corrected chi connectivity index (χ3v) is 5.32. The Morgan fingerprint density at radius 2 is 2.00 bits per heavy atom. The van der Waals surface area contributed by atoms with Gasteiger partial charge in [0.2, 0.25) is 0 Å². The second-order valence-electron chi connectivity index (χ2n) is 7.03. The Kier molecular flexibility index (Phi) is 3.34. The average Bonchev–Trinajstić information content (AvgIpc) is 2.53. The molecule has 0 amide bonds. The zero-order chi connectivity index (χ0) is 17.9. The smallest absolute Gasteiger partial charge is 0.335 e. The predicted molar refractivity (Wildman–Crippen MR) is 93.8 cm³/mol. The van der Waals surface area contributed by atoms with Gasteiger partial charge in [0.15, 0.2) is 11.0 Å². The van der Waals surface area contributed by atoms with Crippen LogP contribution in [0.3, 0.4) is 0 Å². The molecule has 128 valence electrons. The molecule has 0 radical (unpaired) electrons. The Hall–Kier alpha value is -2.53. The van der Waals surface area contributed by atoms with Gasteiger partial charge in [-0.15, -0.1) is 0 Å². The highest BCUT2D eigenvalue weighted by Crippen LogP contribution is 2.43. The highest BCUT2D eigenvalue weighted by Gasteiger charge is 2.36. The summed E-state index contributed by atoms with van der Waals surface area (Å²) in [6, 6.07) is 6.25.